The molecule has 2 rings (SSSR count). The average molecular weight is 256 g/mol. The Bertz CT molecular complexity index is 548. The van der Waals surface area contributed by atoms with Crippen LogP contribution in [0.25, 0.3) is 10.8 Å². The van der Waals surface area contributed by atoms with Gasteiger partial charge in [-0.2, -0.15) is 0 Å². The van der Waals surface area contributed by atoms with Crippen molar-refractivity contribution in [1.82, 2.24) is 4.90 Å². The summed E-state index contributed by atoms with van der Waals surface area (Å²) >= 11 is 0. The summed E-state index contributed by atoms with van der Waals surface area (Å²) in [6.45, 7) is 8.71. The Morgan fingerprint density at radius 1 is 1.11 bits per heavy atom. The topological polar surface area (TPSA) is 29.3 Å². The second-order valence-corrected chi connectivity index (χ2v) is 5.22. The Labute approximate surface area is 116 Å². The third kappa shape index (κ3) is 3.07. The van der Waals surface area contributed by atoms with Gasteiger partial charge in [-0.05, 0) is 48.4 Å². The van der Waals surface area contributed by atoms with E-state index < -0.39 is 0 Å². The maximum atomic E-state index is 6.20. The zero-order chi connectivity index (χ0) is 13.8. The molecular formula is C17H24N2. The first kappa shape index (κ1) is 13.9. The third-order valence-corrected chi connectivity index (χ3v) is 4.00. The average Bonchev–Trinajstić information content (AvgIpc) is 2.44. The van der Waals surface area contributed by atoms with Crippen LogP contribution in [0, 0.1) is 0 Å². The molecule has 1 unspecified atom stereocenters. The molecule has 0 aliphatic rings. The molecule has 0 bridgehead atoms. The van der Waals surface area contributed by atoms with E-state index in [1.165, 1.54) is 22.8 Å². The van der Waals surface area contributed by atoms with Crippen molar-refractivity contribution in [2.75, 3.05) is 12.3 Å². The zero-order valence-corrected chi connectivity index (χ0v) is 12.2. The van der Waals surface area contributed by atoms with Crippen molar-refractivity contribution in [3.8, 4) is 0 Å². The summed E-state index contributed by atoms with van der Waals surface area (Å²) in [5, 5.41) is 2.49. The van der Waals surface area contributed by atoms with E-state index in [4.69, 9.17) is 5.73 Å². The summed E-state index contributed by atoms with van der Waals surface area (Å²) in [6.07, 6.45) is 1.17. The van der Waals surface area contributed by atoms with Gasteiger partial charge in [0.2, 0.25) is 0 Å². The highest BCUT2D eigenvalue weighted by atomic mass is 15.1. The van der Waals surface area contributed by atoms with Crippen LogP contribution in [-0.2, 0) is 6.54 Å². The number of hydrogen-bond acceptors (Lipinski definition) is 2. The molecule has 19 heavy (non-hydrogen) atoms. The van der Waals surface area contributed by atoms with Gasteiger partial charge in [-0.25, -0.2) is 0 Å². The maximum absolute atomic E-state index is 6.20. The normalized spacial score (nSPS) is 13.1. The summed E-state index contributed by atoms with van der Waals surface area (Å²) in [4.78, 5) is 2.47. The van der Waals surface area contributed by atoms with Gasteiger partial charge in [0.15, 0.2) is 0 Å². The smallest absolute Gasteiger partial charge is 0.0366 e. The van der Waals surface area contributed by atoms with E-state index >= 15 is 0 Å². The minimum absolute atomic E-state index is 0.593. The van der Waals surface area contributed by atoms with Crippen LogP contribution < -0.4 is 5.73 Å². The number of nitrogen functional groups attached to an aromatic ring is 1. The fourth-order valence-electron chi connectivity index (χ4n) is 2.50. The van der Waals surface area contributed by atoms with Crippen LogP contribution in [0.2, 0.25) is 0 Å². The lowest BCUT2D eigenvalue weighted by molar-refractivity contribution is 0.206. The Kier molecular flexibility index (Phi) is 4.43. The SMILES string of the molecule is CCC(C)N(CC)Cc1cc2ccccc2cc1N. The predicted molar refractivity (Wildman–Crippen MR) is 84.2 cm³/mol. The van der Waals surface area contributed by atoms with Crippen molar-refractivity contribution >= 4 is 16.5 Å². The minimum atomic E-state index is 0.593. The molecule has 2 nitrogen and oxygen atoms in total. The first-order chi connectivity index (χ1) is 9.15. The second-order valence-electron chi connectivity index (χ2n) is 5.22. The first-order valence-electron chi connectivity index (χ1n) is 7.16. The molecule has 0 saturated carbocycles. The number of fused-ring (bicyclic) bond motifs is 1. The second kappa shape index (κ2) is 6.07. The van der Waals surface area contributed by atoms with Gasteiger partial charge in [0.25, 0.3) is 0 Å². The molecular weight excluding hydrogens is 232 g/mol. The van der Waals surface area contributed by atoms with E-state index in [0.29, 0.717) is 6.04 Å². The van der Waals surface area contributed by atoms with Crippen molar-refractivity contribution in [1.29, 1.82) is 0 Å². The Balaban J connectivity index is 2.31. The molecule has 0 aromatic heterocycles. The quantitative estimate of drug-likeness (QED) is 0.818. The molecule has 2 aromatic rings. The zero-order valence-electron chi connectivity index (χ0n) is 12.2. The lowest BCUT2D eigenvalue weighted by Gasteiger charge is -2.27. The van der Waals surface area contributed by atoms with Gasteiger partial charge >= 0.3 is 0 Å². The lowest BCUT2D eigenvalue weighted by atomic mass is 10.0. The molecule has 1 atom stereocenters. The summed E-state index contributed by atoms with van der Waals surface area (Å²) in [7, 11) is 0. The Morgan fingerprint density at radius 2 is 1.74 bits per heavy atom. The molecule has 0 saturated heterocycles. The largest absolute Gasteiger partial charge is 0.398 e. The van der Waals surface area contributed by atoms with E-state index in [1.807, 2.05) is 0 Å². The van der Waals surface area contributed by atoms with E-state index in [2.05, 4.69) is 62.1 Å². The van der Waals surface area contributed by atoms with Crippen molar-refractivity contribution in [3.05, 3.63) is 42.0 Å². The Hall–Kier alpha value is -1.54. The van der Waals surface area contributed by atoms with Crippen LogP contribution in [0.4, 0.5) is 5.69 Å². The number of anilines is 1. The maximum Gasteiger partial charge on any atom is 0.0366 e. The van der Waals surface area contributed by atoms with Crippen LogP contribution in [0.1, 0.15) is 32.8 Å². The predicted octanol–water partition coefficient (Wildman–Crippen LogP) is 4.04. The summed E-state index contributed by atoms with van der Waals surface area (Å²) in [6, 6.07) is 13.3. The number of benzene rings is 2. The number of hydrogen-bond donors (Lipinski definition) is 1. The van der Waals surface area contributed by atoms with Gasteiger partial charge in [-0.3, -0.25) is 4.90 Å². The van der Waals surface area contributed by atoms with Crippen molar-refractivity contribution in [2.24, 2.45) is 0 Å². The monoisotopic (exact) mass is 256 g/mol. The lowest BCUT2D eigenvalue weighted by Crippen LogP contribution is -2.32. The minimum Gasteiger partial charge on any atom is -0.398 e. The van der Waals surface area contributed by atoms with E-state index in [0.717, 1.165) is 18.8 Å². The number of nitrogens with two attached hydrogens (primary N) is 1. The molecule has 0 radical (unpaired) electrons. The molecule has 2 heteroatoms. The van der Waals surface area contributed by atoms with Crippen LogP contribution in [0.3, 0.4) is 0 Å². The molecule has 0 aliphatic heterocycles. The van der Waals surface area contributed by atoms with E-state index in [9.17, 15) is 0 Å². The Morgan fingerprint density at radius 3 is 2.32 bits per heavy atom. The highest BCUT2D eigenvalue weighted by Gasteiger charge is 2.12. The van der Waals surface area contributed by atoms with Gasteiger partial charge in [0.05, 0.1) is 0 Å². The van der Waals surface area contributed by atoms with Crippen molar-refractivity contribution < 1.29 is 0 Å². The standard InChI is InChI=1S/C17H24N2/c1-4-13(3)19(5-2)12-16-10-14-8-6-7-9-15(14)11-17(16)18/h6-11,13H,4-5,12,18H2,1-3H3. The molecule has 2 aromatic carbocycles. The molecule has 0 spiro atoms. The fourth-order valence-corrected chi connectivity index (χ4v) is 2.50. The van der Waals surface area contributed by atoms with Gasteiger partial charge in [0.1, 0.15) is 0 Å². The van der Waals surface area contributed by atoms with Crippen molar-refractivity contribution in [2.45, 2.75) is 39.8 Å². The molecule has 0 aliphatic carbocycles. The molecule has 102 valence electrons. The summed E-state index contributed by atoms with van der Waals surface area (Å²) < 4.78 is 0. The van der Waals surface area contributed by atoms with E-state index in [-0.39, 0.29) is 0 Å². The van der Waals surface area contributed by atoms with Gasteiger partial charge in [-0.15, -0.1) is 0 Å². The van der Waals surface area contributed by atoms with Crippen LogP contribution in [0.5, 0.6) is 0 Å². The van der Waals surface area contributed by atoms with Crippen LogP contribution >= 0.6 is 0 Å². The fraction of sp³-hybridized carbons (Fsp3) is 0.412. The summed E-state index contributed by atoms with van der Waals surface area (Å²) in [5.41, 5.74) is 8.34. The van der Waals surface area contributed by atoms with Gasteiger partial charge in [-0.1, -0.05) is 38.1 Å². The highest BCUT2D eigenvalue weighted by Crippen LogP contribution is 2.23. The molecule has 0 amide bonds. The van der Waals surface area contributed by atoms with Gasteiger partial charge in [0, 0.05) is 18.3 Å². The third-order valence-electron chi connectivity index (χ3n) is 4.00. The van der Waals surface area contributed by atoms with Crippen LogP contribution in [-0.4, -0.2) is 17.5 Å². The molecule has 0 fully saturated rings. The number of rotatable bonds is 5. The number of nitrogens with zero attached hydrogens (tertiary/aromatic N) is 1. The van der Waals surface area contributed by atoms with E-state index in [1.54, 1.807) is 0 Å². The van der Waals surface area contributed by atoms with Gasteiger partial charge < -0.3 is 5.73 Å². The first-order valence-corrected chi connectivity index (χ1v) is 7.16. The summed E-state index contributed by atoms with van der Waals surface area (Å²) in [5.74, 6) is 0. The van der Waals surface area contributed by atoms with Crippen molar-refractivity contribution in [3.63, 3.8) is 0 Å². The molecule has 0 heterocycles. The highest BCUT2D eigenvalue weighted by molar-refractivity contribution is 5.86. The molecule has 2 N–H and O–H groups in total. The van der Waals surface area contributed by atoms with Crippen LogP contribution in [0.15, 0.2) is 36.4 Å².